The lowest BCUT2D eigenvalue weighted by atomic mass is 10.0. The monoisotopic (exact) mass is 238 g/mol. The number of hydrogen-bond acceptors (Lipinski definition) is 2. The molecule has 3 nitrogen and oxygen atoms in total. The molecule has 3 heteroatoms. The average molecular weight is 238 g/mol. The maximum Gasteiger partial charge on any atom is 0.0543 e. The van der Waals surface area contributed by atoms with Crippen LogP contribution in [0.4, 0.5) is 0 Å². The Morgan fingerprint density at radius 2 is 2.00 bits per heavy atom. The first-order valence-corrected chi connectivity index (χ1v) is 6.88. The molecule has 1 N–H and O–H groups in total. The van der Waals surface area contributed by atoms with Crippen LogP contribution in [-0.2, 0) is 13.5 Å². The van der Waals surface area contributed by atoms with Crippen molar-refractivity contribution in [3.63, 3.8) is 0 Å². The second kappa shape index (κ2) is 8.29. The summed E-state index contributed by atoms with van der Waals surface area (Å²) in [5, 5.41) is 14.0. The SMILES string of the molecule is CCCCCCCC(O)CCc1cnn(C)c1. The summed E-state index contributed by atoms with van der Waals surface area (Å²) in [6, 6.07) is 0. The standard InChI is InChI=1S/C14H26N2O/c1-3-4-5-6-7-8-14(17)10-9-13-11-15-16(2)12-13/h11-12,14,17H,3-10H2,1-2H3. The third-order valence-electron chi connectivity index (χ3n) is 3.17. The Kier molecular flexibility index (Phi) is 6.94. The molecule has 0 bridgehead atoms. The van der Waals surface area contributed by atoms with E-state index in [4.69, 9.17) is 0 Å². The predicted molar refractivity (Wildman–Crippen MR) is 70.9 cm³/mol. The largest absolute Gasteiger partial charge is 0.393 e. The van der Waals surface area contributed by atoms with Crippen LogP contribution in [0.3, 0.4) is 0 Å². The lowest BCUT2D eigenvalue weighted by Crippen LogP contribution is -2.07. The van der Waals surface area contributed by atoms with Gasteiger partial charge in [0.2, 0.25) is 0 Å². The molecule has 0 amide bonds. The molecule has 0 fully saturated rings. The number of aliphatic hydroxyl groups is 1. The molecule has 1 rings (SSSR count). The Morgan fingerprint density at radius 1 is 1.24 bits per heavy atom. The quantitative estimate of drug-likeness (QED) is 0.671. The van der Waals surface area contributed by atoms with Crippen molar-refractivity contribution in [2.75, 3.05) is 0 Å². The van der Waals surface area contributed by atoms with Crippen LogP contribution in [0.15, 0.2) is 12.4 Å². The fourth-order valence-electron chi connectivity index (χ4n) is 2.06. The summed E-state index contributed by atoms with van der Waals surface area (Å²) in [5.74, 6) is 0. The Labute approximate surface area is 105 Å². The van der Waals surface area contributed by atoms with Crippen LogP contribution < -0.4 is 0 Å². The molecule has 1 aromatic heterocycles. The van der Waals surface area contributed by atoms with Gasteiger partial charge >= 0.3 is 0 Å². The number of unbranched alkanes of at least 4 members (excludes halogenated alkanes) is 4. The van der Waals surface area contributed by atoms with Gasteiger partial charge < -0.3 is 5.11 Å². The van der Waals surface area contributed by atoms with Gasteiger partial charge in [-0.1, -0.05) is 39.0 Å². The molecule has 1 heterocycles. The van der Waals surface area contributed by atoms with Gasteiger partial charge in [-0.05, 0) is 24.8 Å². The molecular formula is C14H26N2O. The summed E-state index contributed by atoms with van der Waals surface area (Å²) >= 11 is 0. The van der Waals surface area contributed by atoms with Crippen LogP contribution in [-0.4, -0.2) is 21.0 Å². The Morgan fingerprint density at radius 3 is 2.65 bits per heavy atom. The summed E-state index contributed by atoms with van der Waals surface area (Å²) in [6.07, 6.45) is 12.8. The lowest BCUT2D eigenvalue weighted by molar-refractivity contribution is 0.151. The van der Waals surface area contributed by atoms with E-state index >= 15 is 0 Å². The number of aromatic nitrogens is 2. The van der Waals surface area contributed by atoms with Gasteiger partial charge in [-0.2, -0.15) is 5.10 Å². The van der Waals surface area contributed by atoms with Crippen molar-refractivity contribution >= 4 is 0 Å². The Bertz CT molecular complexity index is 296. The molecule has 98 valence electrons. The topological polar surface area (TPSA) is 38.1 Å². The van der Waals surface area contributed by atoms with E-state index in [0.717, 1.165) is 25.7 Å². The number of aryl methyl sites for hydroxylation is 2. The number of nitrogens with zero attached hydrogens (tertiary/aromatic N) is 2. The average Bonchev–Trinajstić information content (AvgIpc) is 2.72. The summed E-state index contributed by atoms with van der Waals surface area (Å²) in [7, 11) is 1.92. The summed E-state index contributed by atoms with van der Waals surface area (Å²) in [4.78, 5) is 0. The molecule has 0 aliphatic rings. The van der Waals surface area contributed by atoms with Crippen molar-refractivity contribution in [2.45, 2.75) is 64.4 Å². The number of rotatable bonds is 9. The maximum atomic E-state index is 9.85. The van der Waals surface area contributed by atoms with Gasteiger partial charge in [0.1, 0.15) is 0 Å². The Balaban J connectivity index is 2.03. The van der Waals surface area contributed by atoms with Gasteiger partial charge in [0.05, 0.1) is 12.3 Å². The van der Waals surface area contributed by atoms with E-state index in [-0.39, 0.29) is 6.10 Å². The molecule has 0 aromatic carbocycles. The minimum Gasteiger partial charge on any atom is -0.393 e. The third kappa shape index (κ3) is 6.47. The summed E-state index contributed by atoms with van der Waals surface area (Å²) in [5.41, 5.74) is 1.22. The van der Waals surface area contributed by atoms with Crippen LogP contribution in [0, 0.1) is 0 Å². The van der Waals surface area contributed by atoms with Gasteiger partial charge in [-0.3, -0.25) is 4.68 Å². The highest BCUT2D eigenvalue weighted by Gasteiger charge is 2.05. The molecule has 0 saturated carbocycles. The van der Waals surface area contributed by atoms with E-state index in [9.17, 15) is 5.11 Å². The maximum absolute atomic E-state index is 9.85. The zero-order valence-electron chi connectivity index (χ0n) is 11.2. The third-order valence-corrected chi connectivity index (χ3v) is 3.17. The summed E-state index contributed by atoms with van der Waals surface area (Å²) in [6.45, 7) is 2.22. The molecule has 0 saturated heterocycles. The molecule has 17 heavy (non-hydrogen) atoms. The number of aliphatic hydroxyl groups excluding tert-OH is 1. The van der Waals surface area contributed by atoms with Crippen LogP contribution in [0.1, 0.15) is 57.4 Å². The van der Waals surface area contributed by atoms with E-state index in [1.165, 1.54) is 31.2 Å². The first kappa shape index (κ1) is 14.2. The lowest BCUT2D eigenvalue weighted by Gasteiger charge is -2.09. The fourth-order valence-corrected chi connectivity index (χ4v) is 2.06. The molecular weight excluding hydrogens is 212 g/mol. The van der Waals surface area contributed by atoms with E-state index in [1.54, 1.807) is 0 Å². The van der Waals surface area contributed by atoms with Crippen LogP contribution in [0.5, 0.6) is 0 Å². The van der Waals surface area contributed by atoms with Gasteiger partial charge in [0.25, 0.3) is 0 Å². The van der Waals surface area contributed by atoms with E-state index in [2.05, 4.69) is 12.0 Å². The zero-order chi connectivity index (χ0) is 12.5. The van der Waals surface area contributed by atoms with Gasteiger partial charge in [0.15, 0.2) is 0 Å². The molecule has 0 aliphatic heterocycles. The van der Waals surface area contributed by atoms with Crippen molar-refractivity contribution < 1.29 is 5.11 Å². The smallest absolute Gasteiger partial charge is 0.0543 e. The van der Waals surface area contributed by atoms with Crippen molar-refractivity contribution in [1.82, 2.24) is 9.78 Å². The van der Waals surface area contributed by atoms with Gasteiger partial charge in [-0.25, -0.2) is 0 Å². The normalized spacial score (nSPS) is 12.9. The van der Waals surface area contributed by atoms with E-state index in [0.29, 0.717) is 0 Å². The second-order valence-corrected chi connectivity index (χ2v) is 4.92. The van der Waals surface area contributed by atoms with Crippen molar-refractivity contribution in [3.05, 3.63) is 18.0 Å². The van der Waals surface area contributed by atoms with Crippen LogP contribution in [0.2, 0.25) is 0 Å². The Hall–Kier alpha value is -0.830. The molecule has 1 aromatic rings. The predicted octanol–water partition coefficient (Wildman–Crippen LogP) is 3.07. The van der Waals surface area contributed by atoms with Crippen molar-refractivity contribution in [2.24, 2.45) is 7.05 Å². The molecule has 0 radical (unpaired) electrons. The molecule has 1 atom stereocenters. The minimum atomic E-state index is -0.142. The highest BCUT2D eigenvalue weighted by atomic mass is 16.3. The van der Waals surface area contributed by atoms with Crippen LogP contribution >= 0.6 is 0 Å². The molecule has 0 spiro atoms. The van der Waals surface area contributed by atoms with E-state index < -0.39 is 0 Å². The van der Waals surface area contributed by atoms with E-state index in [1.807, 2.05) is 24.1 Å². The first-order valence-electron chi connectivity index (χ1n) is 6.88. The zero-order valence-corrected chi connectivity index (χ0v) is 11.2. The van der Waals surface area contributed by atoms with Crippen molar-refractivity contribution in [1.29, 1.82) is 0 Å². The second-order valence-electron chi connectivity index (χ2n) is 4.92. The van der Waals surface area contributed by atoms with Crippen LogP contribution in [0.25, 0.3) is 0 Å². The molecule has 0 aliphatic carbocycles. The van der Waals surface area contributed by atoms with Crippen molar-refractivity contribution in [3.8, 4) is 0 Å². The number of hydrogen-bond donors (Lipinski definition) is 1. The minimum absolute atomic E-state index is 0.142. The highest BCUT2D eigenvalue weighted by Crippen LogP contribution is 2.11. The van der Waals surface area contributed by atoms with Gasteiger partial charge in [-0.15, -0.1) is 0 Å². The highest BCUT2D eigenvalue weighted by molar-refractivity contribution is 5.03. The van der Waals surface area contributed by atoms with Gasteiger partial charge in [0, 0.05) is 13.2 Å². The molecule has 1 unspecified atom stereocenters. The first-order chi connectivity index (χ1) is 8.22. The summed E-state index contributed by atoms with van der Waals surface area (Å²) < 4.78 is 1.81. The fraction of sp³-hybridized carbons (Fsp3) is 0.786.